The van der Waals surface area contributed by atoms with Gasteiger partial charge in [-0.05, 0) is 30.5 Å². The maximum atomic E-state index is 11.9. The largest absolute Gasteiger partial charge is 0.481 e. The molecule has 0 radical (unpaired) electrons. The van der Waals surface area contributed by atoms with E-state index >= 15 is 0 Å². The molecular weight excluding hydrogens is 358 g/mol. The van der Waals surface area contributed by atoms with E-state index in [2.05, 4.69) is 30.6 Å². The lowest BCUT2D eigenvalue weighted by Gasteiger charge is -2.22. The Morgan fingerprint density at radius 1 is 1.14 bits per heavy atom. The quantitative estimate of drug-likeness (QED) is 0.539. The first-order valence-electron chi connectivity index (χ1n) is 9.07. The highest BCUT2D eigenvalue weighted by Crippen LogP contribution is 2.31. The van der Waals surface area contributed by atoms with E-state index in [-0.39, 0.29) is 5.92 Å². The van der Waals surface area contributed by atoms with Crippen LogP contribution in [0.2, 0.25) is 0 Å². The van der Waals surface area contributed by atoms with Crippen LogP contribution in [0.15, 0.2) is 36.7 Å². The van der Waals surface area contributed by atoms with Crippen molar-refractivity contribution in [1.29, 1.82) is 0 Å². The van der Waals surface area contributed by atoms with Crippen LogP contribution in [0.25, 0.3) is 11.1 Å². The maximum Gasteiger partial charge on any atom is 0.307 e. The van der Waals surface area contributed by atoms with Crippen LogP contribution in [0.5, 0.6) is 0 Å². The first kappa shape index (κ1) is 19.4. The Labute approximate surface area is 162 Å². The molecule has 3 rings (SSSR count). The summed E-state index contributed by atoms with van der Waals surface area (Å²) in [5.41, 5.74) is 8.20. The Morgan fingerprint density at radius 2 is 1.86 bits per heavy atom. The minimum atomic E-state index is -0.868. The second kappa shape index (κ2) is 8.55. The Hall–Kier alpha value is -3.36. The summed E-state index contributed by atoms with van der Waals surface area (Å²) < 4.78 is 0. The summed E-state index contributed by atoms with van der Waals surface area (Å²) in [6.45, 7) is 3.99. The predicted molar refractivity (Wildman–Crippen MR) is 103 cm³/mol. The first-order chi connectivity index (χ1) is 13.4. The van der Waals surface area contributed by atoms with Crippen molar-refractivity contribution >= 4 is 11.8 Å². The molecule has 2 atom stereocenters. The number of tetrazole rings is 1. The minimum Gasteiger partial charge on any atom is -0.481 e. The van der Waals surface area contributed by atoms with Gasteiger partial charge in [-0.15, -0.1) is 10.2 Å². The fraction of sp³-hybridized carbons (Fsp3) is 0.368. The summed E-state index contributed by atoms with van der Waals surface area (Å²) in [5.74, 6) is -0.838. The van der Waals surface area contributed by atoms with Crippen molar-refractivity contribution in [2.45, 2.75) is 32.6 Å². The fourth-order valence-electron chi connectivity index (χ4n) is 3.20. The summed E-state index contributed by atoms with van der Waals surface area (Å²) >= 11 is 0. The van der Waals surface area contributed by atoms with Gasteiger partial charge in [-0.1, -0.05) is 25.1 Å². The number of aliphatic carboxylic acids is 1. The van der Waals surface area contributed by atoms with E-state index < -0.39 is 17.8 Å². The highest BCUT2D eigenvalue weighted by atomic mass is 16.4. The molecule has 0 amide bonds. The van der Waals surface area contributed by atoms with Gasteiger partial charge in [0, 0.05) is 41.6 Å². The molecule has 0 aliphatic carbocycles. The lowest BCUT2D eigenvalue weighted by Crippen LogP contribution is -2.26. The summed E-state index contributed by atoms with van der Waals surface area (Å²) in [6, 6.07) is 7.43. The van der Waals surface area contributed by atoms with Gasteiger partial charge in [0.25, 0.3) is 0 Å². The van der Waals surface area contributed by atoms with Crippen LogP contribution < -0.4 is 5.73 Å². The van der Waals surface area contributed by atoms with E-state index in [1.165, 1.54) is 0 Å². The second-order valence-electron chi connectivity index (χ2n) is 7.16. The smallest absolute Gasteiger partial charge is 0.307 e. The molecule has 0 spiro atoms. The van der Waals surface area contributed by atoms with Crippen LogP contribution in [0.1, 0.15) is 37.7 Å². The molecule has 146 valence electrons. The molecule has 3 aromatic rings. The lowest BCUT2D eigenvalue weighted by molar-refractivity contribution is -0.143. The van der Waals surface area contributed by atoms with Crippen molar-refractivity contribution in [2.75, 3.05) is 5.73 Å². The zero-order valence-corrected chi connectivity index (χ0v) is 15.8. The van der Waals surface area contributed by atoms with Gasteiger partial charge in [0.2, 0.25) is 0 Å². The van der Waals surface area contributed by atoms with Gasteiger partial charge in [-0.25, -0.2) is 4.98 Å². The van der Waals surface area contributed by atoms with Crippen molar-refractivity contribution < 1.29 is 9.90 Å². The molecule has 9 nitrogen and oxygen atoms in total. The maximum absolute atomic E-state index is 11.9. The van der Waals surface area contributed by atoms with E-state index in [1.807, 2.05) is 32.0 Å². The molecular formula is C19H23N7O2. The van der Waals surface area contributed by atoms with Crippen LogP contribution >= 0.6 is 0 Å². The molecule has 0 aromatic carbocycles. The molecule has 0 fully saturated rings. The molecule has 9 heteroatoms. The van der Waals surface area contributed by atoms with E-state index in [9.17, 15) is 9.90 Å². The van der Waals surface area contributed by atoms with Gasteiger partial charge in [0.15, 0.2) is 5.82 Å². The number of anilines is 1. The number of hydrogen-bond acceptors (Lipinski definition) is 7. The number of aromatic nitrogens is 6. The van der Waals surface area contributed by atoms with Crippen LogP contribution in [0, 0.1) is 11.8 Å². The standard InChI is InChI=1S/C19H23N7O2/c1-11(2)7-16(19(27)28)15(18-23-25-26-24-18)8-14-5-3-12(9-21-14)13-4-6-17(20)22-10-13/h3-6,9-11,15-16H,7-8H2,1-2H3,(H2,20,22)(H,27,28)(H,23,24,25,26). The van der Waals surface area contributed by atoms with Gasteiger partial charge < -0.3 is 10.8 Å². The van der Waals surface area contributed by atoms with Crippen molar-refractivity contribution in [3.05, 3.63) is 48.2 Å². The Morgan fingerprint density at radius 3 is 2.36 bits per heavy atom. The average molecular weight is 381 g/mol. The molecule has 0 aliphatic rings. The van der Waals surface area contributed by atoms with Gasteiger partial charge in [0.05, 0.1) is 5.92 Å². The number of nitrogens with one attached hydrogen (secondary N) is 1. The second-order valence-corrected chi connectivity index (χ2v) is 7.16. The topological polar surface area (TPSA) is 144 Å². The number of carboxylic acids is 1. The van der Waals surface area contributed by atoms with Crippen molar-refractivity contribution in [1.82, 2.24) is 30.6 Å². The third-order valence-electron chi connectivity index (χ3n) is 4.60. The van der Waals surface area contributed by atoms with Crippen molar-refractivity contribution in [3.63, 3.8) is 0 Å². The highest BCUT2D eigenvalue weighted by Gasteiger charge is 2.33. The molecule has 28 heavy (non-hydrogen) atoms. The number of rotatable bonds is 8. The molecule has 0 saturated heterocycles. The van der Waals surface area contributed by atoms with Gasteiger partial charge in [-0.3, -0.25) is 9.78 Å². The average Bonchev–Trinajstić information content (AvgIpc) is 3.20. The van der Waals surface area contributed by atoms with Crippen LogP contribution in [0.4, 0.5) is 5.82 Å². The normalized spacial score (nSPS) is 13.4. The lowest BCUT2D eigenvalue weighted by atomic mass is 9.82. The molecule has 4 N–H and O–H groups in total. The molecule has 2 unspecified atom stereocenters. The van der Waals surface area contributed by atoms with Gasteiger partial charge in [-0.2, -0.15) is 5.21 Å². The van der Waals surface area contributed by atoms with E-state index in [0.717, 1.165) is 16.8 Å². The third-order valence-corrected chi connectivity index (χ3v) is 4.60. The molecule has 3 heterocycles. The first-order valence-corrected chi connectivity index (χ1v) is 9.07. The molecule has 3 aromatic heterocycles. The Balaban J connectivity index is 1.84. The van der Waals surface area contributed by atoms with Crippen molar-refractivity contribution in [2.24, 2.45) is 11.8 Å². The summed E-state index contributed by atoms with van der Waals surface area (Å²) in [5, 5.41) is 23.9. The van der Waals surface area contributed by atoms with E-state index in [4.69, 9.17) is 5.73 Å². The SMILES string of the molecule is CC(C)CC(C(=O)O)C(Cc1ccc(-c2ccc(N)nc2)cn1)c1nn[nH]n1. The number of nitrogens with two attached hydrogens (primary N) is 1. The van der Waals surface area contributed by atoms with Crippen molar-refractivity contribution in [3.8, 4) is 11.1 Å². The summed E-state index contributed by atoms with van der Waals surface area (Å²) in [4.78, 5) is 20.5. The number of aromatic amines is 1. The highest BCUT2D eigenvalue weighted by molar-refractivity contribution is 5.71. The third kappa shape index (κ3) is 4.67. The summed E-state index contributed by atoms with van der Waals surface area (Å²) in [7, 11) is 0. The van der Waals surface area contributed by atoms with E-state index in [0.29, 0.717) is 24.5 Å². The Kier molecular flexibility index (Phi) is 5.93. The number of H-pyrrole nitrogens is 1. The predicted octanol–water partition coefficient (Wildman–Crippen LogP) is 2.31. The number of carboxylic acid groups (broad SMARTS) is 1. The van der Waals surface area contributed by atoms with Crippen LogP contribution in [-0.2, 0) is 11.2 Å². The molecule has 0 bridgehead atoms. The fourth-order valence-corrected chi connectivity index (χ4v) is 3.20. The minimum absolute atomic E-state index is 0.226. The van der Waals surface area contributed by atoms with Crippen LogP contribution in [-0.4, -0.2) is 41.7 Å². The number of hydrogen-bond donors (Lipinski definition) is 3. The zero-order chi connectivity index (χ0) is 20.1. The molecule has 0 aliphatic heterocycles. The monoisotopic (exact) mass is 381 g/mol. The van der Waals surface area contributed by atoms with Gasteiger partial charge in [0.1, 0.15) is 5.82 Å². The number of carbonyl (C=O) groups is 1. The van der Waals surface area contributed by atoms with E-state index in [1.54, 1.807) is 18.5 Å². The Bertz CT molecular complexity index is 893. The summed E-state index contributed by atoms with van der Waals surface area (Å²) in [6.07, 6.45) is 4.36. The molecule has 0 saturated carbocycles. The number of nitrogens with zero attached hydrogens (tertiary/aromatic N) is 5. The van der Waals surface area contributed by atoms with Gasteiger partial charge >= 0.3 is 5.97 Å². The van der Waals surface area contributed by atoms with Crippen LogP contribution in [0.3, 0.4) is 0 Å². The number of nitrogen functional groups attached to an aromatic ring is 1. The number of pyridine rings is 2. The zero-order valence-electron chi connectivity index (χ0n) is 15.8.